The molecular formula is C19H22N2O3. The van der Waals surface area contributed by atoms with E-state index in [9.17, 15) is 4.79 Å². The third-order valence-electron chi connectivity index (χ3n) is 3.74. The maximum atomic E-state index is 12.2. The van der Waals surface area contributed by atoms with Gasteiger partial charge >= 0.3 is 0 Å². The summed E-state index contributed by atoms with van der Waals surface area (Å²) < 4.78 is 11.1. The summed E-state index contributed by atoms with van der Waals surface area (Å²) in [5, 5.41) is 4.71. The zero-order valence-electron chi connectivity index (χ0n) is 14.3. The number of rotatable bonds is 6. The summed E-state index contributed by atoms with van der Waals surface area (Å²) in [4.78, 5) is 16.7. The number of benzene rings is 1. The molecule has 0 aliphatic carbocycles. The van der Waals surface area contributed by atoms with Gasteiger partial charge in [-0.1, -0.05) is 12.1 Å². The van der Waals surface area contributed by atoms with Crippen molar-refractivity contribution in [2.75, 3.05) is 13.2 Å². The highest BCUT2D eigenvalue weighted by Gasteiger charge is 2.13. The Balaban J connectivity index is 1.70. The Bertz CT molecular complexity index is 868. The van der Waals surface area contributed by atoms with Crippen molar-refractivity contribution in [1.82, 2.24) is 10.3 Å². The average molecular weight is 326 g/mol. The molecule has 1 amide bonds. The predicted molar refractivity (Wildman–Crippen MR) is 94.3 cm³/mol. The largest absolute Gasteiger partial charge is 0.433 e. The van der Waals surface area contributed by atoms with Crippen LogP contribution in [0.25, 0.3) is 22.0 Å². The molecule has 126 valence electrons. The third kappa shape index (κ3) is 3.74. The van der Waals surface area contributed by atoms with Gasteiger partial charge in [0, 0.05) is 23.9 Å². The van der Waals surface area contributed by atoms with Gasteiger partial charge < -0.3 is 14.5 Å². The van der Waals surface area contributed by atoms with Crippen LogP contribution in [0.4, 0.5) is 0 Å². The normalized spacial score (nSPS) is 11.5. The summed E-state index contributed by atoms with van der Waals surface area (Å²) in [6, 6.07) is 9.81. The van der Waals surface area contributed by atoms with Crippen LogP contribution in [0, 0.1) is 6.92 Å². The van der Waals surface area contributed by atoms with Crippen LogP contribution in [-0.4, -0.2) is 30.1 Å². The molecule has 1 N–H and O–H groups in total. The summed E-state index contributed by atoms with van der Waals surface area (Å²) in [6.07, 6.45) is 0.978. The minimum atomic E-state index is -0.224. The predicted octanol–water partition coefficient (Wildman–Crippen LogP) is 3.83. The maximum Gasteiger partial charge on any atom is 0.287 e. The van der Waals surface area contributed by atoms with Gasteiger partial charge in [0.05, 0.1) is 11.6 Å². The molecule has 0 radical (unpaired) electrons. The molecule has 24 heavy (non-hydrogen) atoms. The second-order valence-electron chi connectivity index (χ2n) is 6.22. The van der Waals surface area contributed by atoms with Crippen molar-refractivity contribution >= 4 is 27.9 Å². The molecule has 0 atom stereocenters. The van der Waals surface area contributed by atoms with Gasteiger partial charge in [-0.15, -0.1) is 0 Å². The van der Waals surface area contributed by atoms with E-state index in [4.69, 9.17) is 9.15 Å². The number of furan rings is 1. The molecular weight excluding hydrogens is 304 g/mol. The van der Waals surface area contributed by atoms with Crippen LogP contribution >= 0.6 is 0 Å². The lowest BCUT2D eigenvalue weighted by Crippen LogP contribution is -2.25. The van der Waals surface area contributed by atoms with Gasteiger partial charge in [0.25, 0.3) is 5.91 Å². The van der Waals surface area contributed by atoms with Crippen LogP contribution in [0.15, 0.2) is 34.7 Å². The van der Waals surface area contributed by atoms with Crippen LogP contribution in [0.2, 0.25) is 0 Å². The lowest BCUT2D eigenvalue weighted by molar-refractivity contribution is 0.0753. The molecule has 2 aromatic heterocycles. The Morgan fingerprint density at radius 3 is 2.88 bits per heavy atom. The van der Waals surface area contributed by atoms with E-state index in [0.29, 0.717) is 18.9 Å². The number of nitrogens with one attached hydrogen (secondary N) is 1. The molecule has 0 fully saturated rings. The number of aromatic nitrogens is 1. The van der Waals surface area contributed by atoms with Gasteiger partial charge in [0.2, 0.25) is 5.71 Å². The van der Waals surface area contributed by atoms with Crippen LogP contribution in [0.3, 0.4) is 0 Å². The number of ether oxygens (including phenoxy) is 1. The summed E-state index contributed by atoms with van der Waals surface area (Å²) in [5.74, 6) is 0.0621. The SMILES string of the molecule is Cc1ccc2cc3cc(C(=O)NCCCOC(C)C)oc3nc2c1. The molecule has 0 bridgehead atoms. The lowest BCUT2D eigenvalue weighted by Gasteiger charge is -2.07. The minimum Gasteiger partial charge on any atom is -0.433 e. The second kappa shape index (κ2) is 7.01. The van der Waals surface area contributed by atoms with E-state index >= 15 is 0 Å². The molecule has 0 spiro atoms. The second-order valence-corrected chi connectivity index (χ2v) is 6.22. The van der Waals surface area contributed by atoms with Crippen molar-refractivity contribution in [3.63, 3.8) is 0 Å². The van der Waals surface area contributed by atoms with Crippen molar-refractivity contribution < 1.29 is 13.9 Å². The zero-order valence-corrected chi connectivity index (χ0v) is 14.3. The van der Waals surface area contributed by atoms with Gasteiger partial charge in [-0.05, 0) is 51.0 Å². The number of pyridine rings is 1. The van der Waals surface area contributed by atoms with Crippen molar-refractivity contribution in [2.45, 2.75) is 33.3 Å². The number of nitrogens with zero attached hydrogens (tertiary/aromatic N) is 1. The Morgan fingerprint density at radius 2 is 2.08 bits per heavy atom. The highest BCUT2D eigenvalue weighted by atomic mass is 16.5. The van der Waals surface area contributed by atoms with Crippen LogP contribution in [0.5, 0.6) is 0 Å². The molecule has 5 heteroatoms. The Morgan fingerprint density at radius 1 is 1.25 bits per heavy atom. The highest BCUT2D eigenvalue weighted by molar-refractivity contribution is 5.98. The smallest absolute Gasteiger partial charge is 0.287 e. The van der Waals surface area contributed by atoms with Gasteiger partial charge in [-0.2, -0.15) is 0 Å². The van der Waals surface area contributed by atoms with Gasteiger partial charge in [0.1, 0.15) is 0 Å². The molecule has 0 saturated heterocycles. The quantitative estimate of drug-likeness (QED) is 0.699. The molecule has 0 unspecified atom stereocenters. The van der Waals surface area contributed by atoms with Crippen molar-refractivity contribution in [2.24, 2.45) is 0 Å². The summed E-state index contributed by atoms with van der Waals surface area (Å²) in [6.45, 7) is 7.19. The number of carbonyl (C=O) groups is 1. The number of hydrogen-bond acceptors (Lipinski definition) is 4. The molecule has 2 heterocycles. The topological polar surface area (TPSA) is 64.4 Å². The molecule has 3 rings (SSSR count). The highest BCUT2D eigenvalue weighted by Crippen LogP contribution is 2.23. The molecule has 5 nitrogen and oxygen atoms in total. The molecule has 3 aromatic rings. The molecule has 1 aromatic carbocycles. The Kier molecular flexibility index (Phi) is 4.81. The summed E-state index contributed by atoms with van der Waals surface area (Å²) in [7, 11) is 0. The first-order valence-electron chi connectivity index (χ1n) is 8.23. The van der Waals surface area contributed by atoms with E-state index in [1.165, 1.54) is 0 Å². The van der Waals surface area contributed by atoms with Crippen molar-refractivity contribution in [3.8, 4) is 0 Å². The van der Waals surface area contributed by atoms with Crippen LogP contribution in [0.1, 0.15) is 36.4 Å². The van der Waals surface area contributed by atoms with E-state index in [2.05, 4.69) is 10.3 Å². The van der Waals surface area contributed by atoms with Gasteiger partial charge in [-0.25, -0.2) is 4.98 Å². The van der Waals surface area contributed by atoms with E-state index in [1.807, 2.05) is 45.0 Å². The first-order valence-corrected chi connectivity index (χ1v) is 8.23. The van der Waals surface area contributed by atoms with E-state index in [-0.39, 0.29) is 17.8 Å². The van der Waals surface area contributed by atoms with Crippen LogP contribution < -0.4 is 5.32 Å². The Labute approximate surface area is 141 Å². The number of hydrogen-bond donors (Lipinski definition) is 1. The third-order valence-corrected chi connectivity index (χ3v) is 3.74. The molecule has 0 saturated carbocycles. The minimum absolute atomic E-state index is 0.208. The fourth-order valence-electron chi connectivity index (χ4n) is 2.53. The zero-order chi connectivity index (χ0) is 17.1. The fourth-order valence-corrected chi connectivity index (χ4v) is 2.53. The van der Waals surface area contributed by atoms with Crippen molar-refractivity contribution in [1.29, 1.82) is 0 Å². The number of fused-ring (bicyclic) bond motifs is 2. The lowest BCUT2D eigenvalue weighted by atomic mass is 10.1. The van der Waals surface area contributed by atoms with E-state index in [1.54, 1.807) is 6.07 Å². The van der Waals surface area contributed by atoms with Gasteiger partial charge in [0.15, 0.2) is 5.76 Å². The first-order chi connectivity index (χ1) is 11.5. The monoisotopic (exact) mass is 326 g/mol. The summed E-state index contributed by atoms with van der Waals surface area (Å²) >= 11 is 0. The number of amides is 1. The fraction of sp³-hybridized carbons (Fsp3) is 0.368. The van der Waals surface area contributed by atoms with Crippen LogP contribution in [-0.2, 0) is 4.74 Å². The molecule has 0 aliphatic heterocycles. The Hall–Kier alpha value is -2.40. The van der Waals surface area contributed by atoms with E-state index < -0.39 is 0 Å². The average Bonchev–Trinajstić information content (AvgIpc) is 2.94. The standard InChI is InChI=1S/C19H22N2O3/c1-12(2)23-8-4-7-20-18(22)17-11-15-10-14-6-5-13(3)9-16(14)21-19(15)24-17/h5-6,9-12H,4,7-8H2,1-3H3,(H,20,22). The van der Waals surface area contributed by atoms with E-state index in [0.717, 1.165) is 28.3 Å². The first kappa shape index (κ1) is 16.5. The summed E-state index contributed by atoms with van der Waals surface area (Å²) in [5.41, 5.74) is 2.50. The van der Waals surface area contributed by atoms with Gasteiger partial charge in [-0.3, -0.25) is 4.79 Å². The maximum absolute atomic E-state index is 12.2. The number of carbonyl (C=O) groups excluding carboxylic acids is 1. The molecule has 0 aliphatic rings. The van der Waals surface area contributed by atoms with Crippen molar-refractivity contribution in [3.05, 3.63) is 41.7 Å². The number of aryl methyl sites for hydroxylation is 1.